The fraction of sp³-hybridized carbons (Fsp3) is 0.273. The van der Waals surface area contributed by atoms with Crippen LogP contribution in [-0.4, -0.2) is 27.7 Å². The molecule has 8 rings (SSSR count). The number of fused-ring (bicyclic) bond motifs is 2. The second-order valence-electron chi connectivity index (χ2n) is 20.1. The maximum Gasteiger partial charge on any atom is 0.149 e. The topological polar surface area (TPSA) is 50.9 Å². The lowest BCUT2D eigenvalue weighted by atomic mass is 9.78. The monoisotopic (exact) mass is 805 g/mol. The van der Waals surface area contributed by atoms with Crippen LogP contribution in [-0.2, 0) is 17.3 Å². The van der Waals surface area contributed by atoms with E-state index in [0.29, 0.717) is 17.3 Å². The highest BCUT2D eigenvalue weighted by molar-refractivity contribution is 6.89. The quantitative estimate of drug-likeness (QED) is 0.156. The standard InChI is InChI=1S/C55H59N3OSi/c1-35(2)26-41-32-47(56-34-51(41)60(9,10)11)40-28-37(38-30-42(54(3,4)5)33-43(31-38)55(6,7)8)27-39(29-40)45-22-17-24-49-52(45)57-53(46-21-14-15-25-50(46)59)58(49)48-23-16-19-36-18-12-13-20-44(36)48/h12-25,27-35,59H,26H2,1-11H3. The van der Waals surface area contributed by atoms with Gasteiger partial charge in [0.05, 0.1) is 36.1 Å². The minimum Gasteiger partial charge on any atom is -0.507 e. The summed E-state index contributed by atoms with van der Waals surface area (Å²) >= 11 is 0. The van der Waals surface area contributed by atoms with Crippen LogP contribution in [0, 0.1) is 5.92 Å². The van der Waals surface area contributed by atoms with E-state index in [9.17, 15) is 5.11 Å². The van der Waals surface area contributed by atoms with Crippen molar-refractivity contribution in [3.05, 3.63) is 150 Å². The van der Waals surface area contributed by atoms with Crippen molar-refractivity contribution in [1.82, 2.24) is 14.5 Å². The van der Waals surface area contributed by atoms with Crippen LogP contribution in [0.3, 0.4) is 0 Å². The van der Waals surface area contributed by atoms with Gasteiger partial charge in [0.15, 0.2) is 0 Å². The molecule has 304 valence electrons. The molecule has 0 radical (unpaired) electrons. The lowest BCUT2D eigenvalue weighted by Gasteiger charge is -2.26. The number of pyridine rings is 1. The van der Waals surface area contributed by atoms with Gasteiger partial charge >= 0.3 is 0 Å². The van der Waals surface area contributed by atoms with E-state index in [1.807, 2.05) is 18.2 Å². The number of hydrogen-bond donors (Lipinski definition) is 1. The van der Waals surface area contributed by atoms with E-state index in [-0.39, 0.29) is 16.6 Å². The molecule has 1 N–H and O–H groups in total. The molecule has 8 aromatic rings. The van der Waals surface area contributed by atoms with Gasteiger partial charge in [0.2, 0.25) is 0 Å². The summed E-state index contributed by atoms with van der Waals surface area (Å²) in [5.74, 6) is 1.41. The summed E-state index contributed by atoms with van der Waals surface area (Å²) in [5.41, 5.74) is 14.0. The zero-order valence-electron chi connectivity index (χ0n) is 37.3. The molecule has 0 fully saturated rings. The molecule has 0 atom stereocenters. The summed E-state index contributed by atoms with van der Waals surface area (Å²) in [5, 5.41) is 15.0. The van der Waals surface area contributed by atoms with Crippen LogP contribution < -0.4 is 5.19 Å². The zero-order chi connectivity index (χ0) is 42.7. The Morgan fingerprint density at radius 2 is 1.23 bits per heavy atom. The first-order valence-corrected chi connectivity index (χ1v) is 25.0. The molecule has 0 saturated heterocycles. The van der Waals surface area contributed by atoms with Gasteiger partial charge in [-0.15, -0.1) is 0 Å². The Labute approximate surface area is 358 Å². The van der Waals surface area contributed by atoms with Crippen molar-refractivity contribution in [3.8, 4) is 56.3 Å². The summed E-state index contributed by atoms with van der Waals surface area (Å²) in [6.07, 6.45) is 3.19. The minimum absolute atomic E-state index is 0.0319. The molecule has 0 saturated carbocycles. The van der Waals surface area contributed by atoms with E-state index < -0.39 is 8.07 Å². The third-order valence-corrected chi connectivity index (χ3v) is 13.9. The normalized spacial score (nSPS) is 12.5. The van der Waals surface area contributed by atoms with Crippen molar-refractivity contribution < 1.29 is 5.11 Å². The van der Waals surface area contributed by atoms with Gasteiger partial charge in [0.1, 0.15) is 11.6 Å². The zero-order valence-corrected chi connectivity index (χ0v) is 38.3. The third kappa shape index (κ3) is 7.96. The number of phenols is 1. The molecule has 0 aliphatic rings. The highest BCUT2D eigenvalue weighted by Gasteiger charge is 2.25. The van der Waals surface area contributed by atoms with Crippen molar-refractivity contribution in [2.45, 2.75) is 92.3 Å². The number of hydrogen-bond acceptors (Lipinski definition) is 3. The molecule has 0 spiro atoms. The maximum absolute atomic E-state index is 11.3. The first-order chi connectivity index (χ1) is 28.4. The number of aromatic nitrogens is 3. The molecular formula is C55H59N3OSi. The van der Waals surface area contributed by atoms with Gasteiger partial charge in [-0.25, -0.2) is 4.98 Å². The molecule has 0 aliphatic carbocycles. The Bertz CT molecular complexity index is 2860. The molecule has 2 aromatic heterocycles. The van der Waals surface area contributed by atoms with Crippen molar-refractivity contribution in [2.75, 3.05) is 0 Å². The van der Waals surface area contributed by atoms with Gasteiger partial charge in [-0.1, -0.05) is 154 Å². The average molecular weight is 806 g/mol. The lowest BCUT2D eigenvalue weighted by molar-refractivity contribution is 0.477. The Morgan fingerprint density at radius 3 is 1.92 bits per heavy atom. The SMILES string of the molecule is CC(C)Cc1cc(-c2cc(-c3cc(C(C)(C)C)cc(C(C)(C)C)c3)cc(-c3cccc4c3nc(-c3ccccc3O)n4-c3cccc4ccccc34)c2)ncc1[Si](C)(C)C. The average Bonchev–Trinajstić information content (AvgIpc) is 3.58. The lowest BCUT2D eigenvalue weighted by Crippen LogP contribution is -2.40. The van der Waals surface area contributed by atoms with Gasteiger partial charge in [0, 0.05) is 22.7 Å². The van der Waals surface area contributed by atoms with Gasteiger partial charge in [-0.05, 0) is 116 Å². The van der Waals surface area contributed by atoms with Crippen LogP contribution in [0.4, 0.5) is 0 Å². The predicted molar refractivity (Wildman–Crippen MR) is 259 cm³/mol. The van der Waals surface area contributed by atoms with Crippen molar-refractivity contribution in [2.24, 2.45) is 5.92 Å². The maximum atomic E-state index is 11.3. The number of benzene rings is 6. The van der Waals surface area contributed by atoms with Crippen LogP contribution in [0.25, 0.3) is 72.4 Å². The second-order valence-corrected chi connectivity index (χ2v) is 25.2. The first-order valence-electron chi connectivity index (χ1n) is 21.5. The Balaban J connectivity index is 1.44. The molecule has 0 unspecified atom stereocenters. The fourth-order valence-corrected chi connectivity index (χ4v) is 10.1. The number of phenolic OH excluding ortho intramolecular Hbond substituents is 1. The van der Waals surface area contributed by atoms with E-state index in [4.69, 9.17) is 9.97 Å². The van der Waals surface area contributed by atoms with E-state index in [2.05, 4.69) is 189 Å². The molecule has 0 aliphatic heterocycles. The van der Waals surface area contributed by atoms with Crippen LogP contribution >= 0.6 is 0 Å². The number of imidazole rings is 1. The van der Waals surface area contributed by atoms with Gasteiger partial charge in [-0.3, -0.25) is 9.55 Å². The largest absolute Gasteiger partial charge is 0.507 e. The van der Waals surface area contributed by atoms with Crippen LogP contribution in [0.1, 0.15) is 72.1 Å². The Morgan fingerprint density at radius 1 is 0.633 bits per heavy atom. The summed E-state index contributed by atoms with van der Waals surface area (Å²) in [4.78, 5) is 10.7. The second kappa shape index (κ2) is 15.4. The molecule has 4 nitrogen and oxygen atoms in total. The first kappa shape index (κ1) is 41.0. The van der Waals surface area contributed by atoms with E-state index >= 15 is 0 Å². The predicted octanol–water partition coefficient (Wildman–Crippen LogP) is 14.3. The van der Waals surface area contributed by atoms with Crippen molar-refractivity contribution in [1.29, 1.82) is 0 Å². The molecule has 5 heteroatoms. The molecule has 6 aromatic carbocycles. The highest BCUT2D eigenvalue weighted by Crippen LogP contribution is 2.42. The fourth-order valence-electron chi connectivity index (χ4n) is 8.52. The number of para-hydroxylation sites is 2. The number of nitrogens with zero attached hydrogens (tertiary/aromatic N) is 3. The third-order valence-electron chi connectivity index (χ3n) is 11.8. The van der Waals surface area contributed by atoms with E-state index in [1.165, 1.54) is 27.4 Å². The highest BCUT2D eigenvalue weighted by atomic mass is 28.3. The van der Waals surface area contributed by atoms with Gasteiger partial charge < -0.3 is 5.11 Å². The summed E-state index contributed by atoms with van der Waals surface area (Å²) in [6.45, 7) is 25.7. The molecule has 60 heavy (non-hydrogen) atoms. The van der Waals surface area contributed by atoms with Crippen LogP contribution in [0.2, 0.25) is 19.6 Å². The van der Waals surface area contributed by atoms with Gasteiger partial charge in [-0.2, -0.15) is 0 Å². The summed E-state index contributed by atoms with van der Waals surface area (Å²) in [7, 11) is -1.65. The van der Waals surface area contributed by atoms with Crippen LogP contribution in [0.15, 0.2) is 134 Å². The summed E-state index contributed by atoms with van der Waals surface area (Å²) < 4.78 is 2.22. The molecule has 0 bridgehead atoms. The molecular weight excluding hydrogens is 747 g/mol. The number of aromatic hydroxyl groups is 1. The van der Waals surface area contributed by atoms with E-state index in [1.54, 1.807) is 6.07 Å². The smallest absolute Gasteiger partial charge is 0.149 e. The molecule has 0 amide bonds. The number of rotatable bonds is 8. The van der Waals surface area contributed by atoms with E-state index in [0.717, 1.165) is 61.9 Å². The van der Waals surface area contributed by atoms with Crippen LogP contribution in [0.5, 0.6) is 5.75 Å². The summed E-state index contributed by atoms with van der Waals surface area (Å²) in [6, 6.07) is 45.4. The molecule has 2 heterocycles. The Hall–Kier alpha value is -5.78. The van der Waals surface area contributed by atoms with Gasteiger partial charge in [0.25, 0.3) is 0 Å². The van der Waals surface area contributed by atoms with Crippen molar-refractivity contribution >= 4 is 35.1 Å². The van der Waals surface area contributed by atoms with Crippen molar-refractivity contribution in [3.63, 3.8) is 0 Å². The Kier molecular flexibility index (Phi) is 10.5. The minimum atomic E-state index is -1.65.